The van der Waals surface area contributed by atoms with E-state index in [0.29, 0.717) is 0 Å². The van der Waals surface area contributed by atoms with Gasteiger partial charge >= 0.3 is 5.97 Å². The highest BCUT2D eigenvalue weighted by atomic mass is 17.0. The van der Waals surface area contributed by atoms with Crippen LogP contribution in [0.1, 0.15) is 16.8 Å². The van der Waals surface area contributed by atoms with Gasteiger partial charge in [0.2, 0.25) is 0 Å². The van der Waals surface area contributed by atoms with Gasteiger partial charge in [0.1, 0.15) is 12.7 Å². The zero-order valence-corrected chi connectivity index (χ0v) is 11.9. The minimum absolute atomic E-state index is 0.0360. The second kappa shape index (κ2) is 8.82. The van der Waals surface area contributed by atoms with Crippen LogP contribution in [0.25, 0.3) is 0 Å². The Morgan fingerprint density at radius 2 is 1.67 bits per heavy atom. The highest BCUT2D eigenvalue weighted by Gasteiger charge is 2.17. The van der Waals surface area contributed by atoms with Crippen molar-refractivity contribution in [3.05, 3.63) is 60.2 Å². The van der Waals surface area contributed by atoms with Gasteiger partial charge in [0.25, 0.3) is 15.9 Å². The molecular weight excluding hydrogens is 334 g/mol. The Balaban J connectivity index is 2.50. The van der Waals surface area contributed by atoms with E-state index in [1.807, 2.05) is 0 Å². The zero-order chi connectivity index (χ0) is 18.1. The molecule has 24 heavy (non-hydrogen) atoms. The van der Waals surface area contributed by atoms with Gasteiger partial charge in [-0.2, -0.15) is 0 Å². The summed E-state index contributed by atoms with van der Waals surface area (Å²) in [5, 5.41) is 28.5. The Morgan fingerprint density at radius 1 is 1.04 bits per heavy atom. The molecule has 1 unspecified atom stereocenters. The lowest BCUT2D eigenvalue weighted by molar-refractivity contribution is -0.790. The SMILES string of the molecule is O=C(OCCC(CO[N+](=O)[O-])O[N+](=O)[O-])c1ccc([N+](=O)[O-])cc1. The third-order valence-corrected chi connectivity index (χ3v) is 2.59. The summed E-state index contributed by atoms with van der Waals surface area (Å²) >= 11 is 0. The van der Waals surface area contributed by atoms with Gasteiger partial charge in [-0.1, -0.05) is 0 Å². The Hall–Kier alpha value is -3.51. The highest BCUT2D eigenvalue weighted by molar-refractivity contribution is 5.89. The number of benzene rings is 1. The monoisotopic (exact) mass is 345 g/mol. The zero-order valence-electron chi connectivity index (χ0n) is 11.9. The van der Waals surface area contributed by atoms with E-state index >= 15 is 0 Å². The first kappa shape index (κ1) is 18.5. The van der Waals surface area contributed by atoms with Crippen molar-refractivity contribution in [2.24, 2.45) is 0 Å². The van der Waals surface area contributed by atoms with Gasteiger partial charge in [-0.25, -0.2) is 4.79 Å². The Morgan fingerprint density at radius 3 is 2.17 bits per heavy atom. The van der Waals surface area contributed by atoms with E-state index in [2.05, 4.69) is 9.68 Å². The molecule has 0 heterocycles. The Bertz CT molecular complexity index is 617. The standard InChI is InChI=1S/C11H11N3O10/c15-11(8-1-3-9(4-2-8)12(16)17)22-6-5-10(24-14(20)21)7-23-13(18)19/h1-4,10H,5-7H2. The first-order valence-corrected chi connectivity index (χ1v) is 6.29. The molecule has 0 bridgehead atoms. The van der Waals surface area contributed by atoms with Crippen LogP contribution >= 0.6 is 0 Å². The summed E-state index contributed by atoms with van der Waals surface area (Å²) in [6, 6.07) is 4.59. The molecule has 0 amide bonds. The Labute approximate surface area is 133 Å². The second-order valence-corrected chi connectivity index (χ2v) is 4.20. The van der Waals surface area contributed by atoms with Crippen LogP contribution in [0.5, 0.6) is 0 Å². The van der Waals surface area contributed by atoms with E-state index in [-0.39, 0.29) is 24.3 Å². The number of hydrogen-bond acceptors (Lipinski definition) is 10. The molecule has 130 valence electrons. The lowest BCUT2D eigenvalue weighted by Crippen LogP contribution is -2.26. The van der Waals surface area contributed by atoms with Crippen molar-refractivity contribution < 1.29 is 34.3 Å². The van der Waals surface area contributed by atoms with Crippen molar-refractivity contribution in [2.45, 2.75) is 12.5 Å². The minimum Gasteiger partial charge on any atom is -0.462 e. The van der Waals surface area contributed by atoms with E-state index < -0.39 is 33.8 Å². The van der Waals surface area contributed by atoms with Gasteiger partial charge < -0.3 is 14.4 Å². The third kappa shape index (κ3) is 6.50. The number of hydrogen-bond donors (Lipinski definition) is 0. The molecular formula is C11H11N3O10. The van der Waals surface area contributed by atoms with Gasteiger partial charge in [-0.05, 0) is 12.1 Å². The fraction of sp³-hybridized carbons (Fsp3) is 0.364. The summed E-state index contributed by atoms with van der Waals surface area (Å²) in [6.45, 7) is -1.04. The fourth-order valence-electron chi connectivity index (χ4n) is 1.52. The fourth-order valence-corrected chi connectivity index (χ4v) is 1.52. The number of nitro groups is 1. The summed E-state index contributed by atoms with van der Waals surface area (Å²) < 4.78 is 4.81. The van der Waals surface area contributed by atoms with Crippen LogP contribution in [0.3, 0.4) is 0 Å². The smallest absolute Gasteiger partial charge is 0.338 e. The predicted octanol–water partition coefficient (Wildman–Crippen LogP) is 0.927. The average Bonchev–Trinajstić information content (AvgIpc) is 2.51. The van der Waals surface area contributed by atoms with Gasteiger partial charge in [0, 0.05) is 18.6 Å². The van der Waals surface area contributed by atoms with Gasteiger partial charge in [-0.3, -0.25) is 10.1 Å². The van der Waals surface area contributed by atoms with E-state index in [9.17, 15) is 35.1 Å². The number of nitrogens with zero attached hydrogens (tertiary/aromatic N) is 3. The van der Waals surface area contributed by atoms with Crippen LogP contribution in [0, 0.1) is 30.3 Å². The lowest BCUT2D eigenvalue weighted by atomic mass is 10.2. The molecule has 0 N–H and O–H groups in total. The number of nitro benzene ring substituents is 1. The number of esters is 1. The molecule has 0 spiro atoms. The summed E-state index contributed by atoms with van der Waals surface area (Å²) in [5.41, 5.74) is -0.170. The first-order valence-electron chi connectivity index (χ1n) is 6.29. The molecule has 13 nitrogen and oxygen atoms in total. The van der Waals surface area contributed by atoms with Crippen LogP contribution in [0.4, 0.5) is 5.69 Å². The third-order valence-electron chi connectivity index (χ3n) is 2.59. The van der Waals surface area contributed by atoms with Crippen molar-refractivity contribution in [3.8, 4) is 0 Å². The first-order chi connectivity index (χ1) is 11.3. The minimum atomic E-state index is -1.30. The number of carbonyl (C=O) groups excluding carboxylic acids is 1. The lowest BCUT2D eigenvalue weighted by Gasteiger charge is -2.13. The molecule has 0 aliphatic rings. The summed E-state index contributed by atoms with van der Waals surface area (Å²) in [5.74, 6) is -0.819. The topological polar surface area (TPSA) is 174 Å². The number of carbonyl (C=O) groups is 1. The molecule has 1 aromatic rings. The number of rotatable bonds is 10. The van der Waals surface area contributed by atoms with Crippen molar-refractivity contribution in [1.82, 2.24) is 0 Å². The normalized spacial score (nSPS) is 11.2. The maximum atomic E-state index is 11.7. The van der Waals surface area contributed by atoms with Crippen molar-refractivity contribution in [2.75, 3.05) is 13.2 Å². The second-order valence-electron chi connectivity index (χ2n) is 4.20. The molecule has 1 atom stereocenters. The van der Waals surface area contributed by atoms with E-state index in [1.54, 1.807) is 0 Å². The van der Waals surface area contributed by atoms with E-state index in [0.717, 1.165) is 12.1 Å². The predicted molar refractivity (Wildman–Crippen MR) is 72.8 cm³/mol. The van der Waals surface area contributed by atoms with Gasteiger partial charge in [-0.15, -0.1) is 20.2 Å². The van der Waals surface area contributed by atoms with E-state index in [1.165, 1.54) is 12.1 Å². The molecule has 0 saturated heterocycles. The molecule has 1 rings (SSSR count). The van der Waals surface area contributed by atoms with Crippen LogP contribution in [-0.4, -0.2) is 40.4 Å². The number of non-ortho nitro benzene ring substituents is 1. The molecule has 0 aliphatic heterocycles. The molecule has 0 radical (unpaired) electrons. The van der Waals surface area contributed by atoms with Gasteiger partial charge in [0.15, 0.2) is 0 Å². The molecule has 0 saturated carbocycles. The van der Waals surface area contributed by atoms with Crippen LogP contribution < -0.4 is 0 Å². The maximum absolute atomic E-state index is 11.7. The van der Waals surface area contributed by atoms with Crippen LogP contribution in [-0.2, 0) is 14.4 Å². The number of ether oxygens (including phenoxy) is 1. The average molecular weight is 345 g/mol. The summed E-state index contributed by atoms with van der Waals surface area (Å²) in [4.78, 5) is 50.0. The maximum Gasteiger partial charge on any atom is 0.338 e. The highest BCUT2D eigenvalue weighted by Crippen LogP contribution is 2.13. The summed E-state index contributed by atoms with van der Waals surface area (Å²) in [7, 11) is 0. The molecule has 0 fully saturated rings. The van der Waals surface area contributed by atoms with E-state index in [4.69, 9.17) is 4.74 Å². The molecule has 0 aromatic heterocycles. The quantitative estimate of drug-likeness (QED) is 0.337. The van der Waals surface area contributed by atoms with Crippen molar-refractivity contribution in [1.29, 1.82) is 0 Å². The molecule has 0 aliphatic carbocycles. The molecule has 1 aromatic carbocycles. The summed E-state index contributed by atoms with van der Waals surface area (Å²) in [6.07, 6.45) is -1.52. The largest absolute Gasteiger partial charge is 0.462 e. The van der Waals surface area contributed by atoms with Gasteiger partial charge in [0.05, 0.1) is 17.1 Å². The van der Waals surface area contributed by atoms with Crippen LogP contribution in [0.2, 0.25) is 0 Å². The van der Waals surface area contributed by atoms with Crippen molar-refractivity contribution >= 4 is 11.7 Å². The van der Waals surface area contributed by atoms with Crippen molar-refractivity contribution in [3.63, 3.8) is 0 Å². The Kier molecular flexibility index (Phi) is 6.81. The molecule has 13 heteroatoms. The van der Waals surface area contributed by atoms with Crippen LogP contribution in [0.15, 0.2) is 24.3 Å².